The van der Waals surface area contributed by atoms with Crippen LogP contribution in [0.4, 0.5) is 0 Å². The summed E-state index contributed by atoms with van der Waals surface area (Å²) in [6.07, 6.45) is 6.44. The Labute approximate surface area is 97.6 Å². The topological polar surface area (TPSA) is 43.4 Å². The van der Waals surface area contributed by atoms with Crippen LogP contribution in [-0.2, 0) is 11.0 Å². The third kappa shape index (κ3) is 2.98. The van der Waals surface area contributed by atoms with Crippen LogP contribution in [0.3, 0.4) is 0 Å². The lowest BCUT2D eigenvalue weighted by Crippen LogP contribution is -2.04. The molecule has 88 valence electrons. The van der Waals surface area contributed by atoms with Crippen molar-refractivity contribution in [1.82, 2.24) is 0 Å². The summed E-state index contributed by atoms with van der Waals surface area (Å²) in [4.78, 5) is 0. The molecule has 1 aromatic rings. The van der Waals surface area contributed by atoms with Gasteiger partial charge in [0.25, 0.3) is 11.0 Å². The largest absolute Gasteiger partial charge is 0.384 e. The van der Waals surface area contributed by atoms with E-state index in [0.29, 0.717) is 11.7 Å². The molecule has 0 N–H and O–H groups in total. The molecule has 0 bridgehead atoms. The molecule has 1 aliphatic rings. The molecule has 4 heteroatoms. The van der Waals surface area contributed by atoms with E-state index >= 15 is 0 Å². The summed E-state index contributed by atoms with van der Waals surface area (Å²) in [5, 5.41) is 0. The Balaban J connectivity index is 2.05. The van der Waals surface area contributed by atoms with Gasteiger partial charge in [0.1, 0.15) is 5.75 Å². The molecule has 0 aliphatic heterocycles. The number of hydrogen-bond donors (Lipinski definition) is 1. The molecular weight excluding hydrogens is 224 g/mol. The summed E-state index contributed by atoms with van der Waals surface area (Å²) in [5.41, 5.74) is 1.30. The van der Waals surface area contributed by atoms with Crippen molar-refractivity contribution in [3.8, 4) is 5.75 Å². The van der Waals surface area contributed by atoms with Crippen molar-refractivity contribution in [3.05, 3.63) is 29.8 Å². The van der Waals surface area contributed by atoms with Crippen LogP contribution in [0.25, 0.3) is 0 Å². The Morgan fingerprint density at radius 3 is 2.19 bits per heavy atom. The number of hydrogen-bond acceptors (Lipinski definition) is 3. The smallest absolute Gasteiger partial charge is 0.299 e. The highest BCUT2D eigenvalue weighted by Crippen LogP contribution is 2.33. The first-order valence-electron chi connectivity index (χ1n) is 5.68. The molecule has 1 aromatic carbocycles. The molecule has 0 atom stereocenters. The summed E-state index contributed by atoms with van der Waals surface area (Å²) in [6.45, 7) is 0. The summed E-state index contributed by atoms with van der Waals surface area (Å²) >= 11 is 0. The van der Waals surface area contributed by atoms with Crippen LogP contribution in [0, 0.1) is 0 Å². The Morgan fingerprint density at radius 2 is 1.62 bits per heavy atom. The van der Waals surface area contributed by atoms with Gasteiger partial charge in [0.2, 0.25) is 0 Å². The second-order valence-electron chi connectivity index (χ2n) is 4.22. The standard InChI is InChI=1S/C12H16O3S/c13-16(14)15-12-8-6-11(7-9-12)10-4-2-1-3-5-10/h6-10,16H,1-5H2. The maximum atomic E-state index is 10.4. The molecule has 0 saturated heterocycles. The normalized spacial score (nSPS) is 17.6. The average molecular weight is 240 g/mol. The number of thiol groups is 1. The van der Waals surface area contributed by atoms with E-state index in [0.717, 1.165) is 0 Å². The molecule has 1 fully saturated rings. The molecular formula is C12H16O3S. The van der Waals surface area contributed by atoms with E-state index in [-0.39, 0.29) is 0 Å². The van der Waals surface area contributed by atoms with Gasteiger partial charge in [-0.05, 0) is 36.5 Å². The van der Waals surface area contributed by atoms with Gasteiger partial charge in [-0.25, -0.2) is 0 Å². The van der Waals surface area contributed by atoms with E-state index in [2.05, 4.69) is 4.18 Å². The van der Waals surface area contributed by atoms with Crippen molar-refractivity contribution in [2.75, 3.05) is 0 Å². The molecule has 0 aromatic heterocycles. The van der Waals surface area contributed by atoms with Crippen molar-refractivity contribution in [2.45, 2.75) is 38.0 Å². The Morgan fingerprint density at radius 1 is 1.00 bits per heavy atom. The van der Waals surface area contributed by atoms with E-state index in [9.17, 15) is 8.42 Å². The molecule has 3 nitrogen and oxygen atoms in total. The van der Waals surface area contributed by atoms with E-state index in [1.807, 2.05) is 12.1 Å². The molecule has 1 aliphatic carbocycles. The highest BCUT2D eigenvalue weighted by atomic mass is 32.2. The van der Waals surface area contributed by atoms with E-state index in [1.165, 1.54) is 37.7 Å². The zero-order valence-corrected chi connectivity index (χ0v) is 9.99. The van der Waals surface area contributed by atoms with Crippen LogP contribution in [0.15, 0.2) is 24.3 Å². The fourth-order valence-electron chi connectivity index (χ4n) is 2.32. The van der Waals surface area contributed by atoms with Crippen LogP contribution in [0.2, 0.25) is 0 Å². The first-order chi connectivity index (χ1) is 7.75. The van der Waals surface area contributed by atoms with Gasteiger partial charge in [-0.1, -0.05) is 31.4 Å². The Kier molecular flexibility index (Phi) is 3.83. The van der Waals surface area contributed by atoms with Gasteiger partial charge in [0.15, 0.2) is 0 Å². The van der Waals surface area contributed by atoms with Crippen molar-refractivity contribution in [3.63, 3.8) is 0 Å². The summed E-state index contributed by atoms with van der Waals surface area (Å²) in [7, 11) is -2.80. The van der Waals surface area contributed by atoms with Crippen LogP contribution in [0.1, 0.15) is 43.6 Å². The zero-order chi connectivity index (χ0) is 11.4. The molecule has 0 amide bonds. The SMILES string of the molecule is O=[SH](=O)Oc1ccc(C2CCCCC2)cc1. The third-order valence-corrected chi connectivity index (χ3v) is 3.50. The van der Waals surface area contributed by atoms with Crippen molar-refractivity contribution >= 4 is 11.0 Å². The third-order valence-electron chi connectivity index (χ3n) is 3.14. The molecule has 0 heterocycles. The predicted molar refractivity (Wildman–Crippen MR) is 63.2 cm³/mol. The quantitative estimate of drug-likeness (QED) is 0.826. The number of benzene rings is 1. The van der Waals surface area contributed by atoms with Gasteiger partial charge >= 0.3 is 0 Å². The fraction of sp³-hybridized carbons (Fsp3) is 0.500. The van der Waals surface area contributed by atoms with Crippen LogP contribution < -0.4 is 4.18 Å². The first-order valence-corrected chi connectivity index (χ1v) is 6.77. The van der Waals surface area contributed by atoms with Gasteiger partial charge in [0.05, 0.1) is 0 Å². The highest BCUT2D eigenvalue weighted by Gasteiger charge is 2.15. The van der Waals surface area contributed by atoms with Crippen molar-refractivity contribution in [1.29, 1.82) is 0 Å². The van der Waals surface area contributed by atoms with Gasteiger partial charge in [-0.2, -0.15) is 8.42 Å². The monoisotopic (exact) mass is 240 g/mol. The first kappa shape index (κ1) is 11.5. The Bertz CT molecular complexity index is 395. The molecule has 16 heavy (non-hydrogen) atoms. The van der Waals surface area contributed by atoms with Crippen LogP contribution in [-0.4, -0.2) is 8.42 Å². The molecule has 1 saturated carbocycles. The minimum absolute atomic E-state index is 0.399. The summed E-state index contributed by atoms with van der Waals surface area (Å²) < 4.78 is 25.4. The van der Waals surface area contributed by atoms with E-state index in [4.69, 9.17) is 0 Å². The van der Waals surface area contributed by atoms with Crippen molar-refractivity contribution in [2.24, 2.45) is 0 Å². The fourth-order valence-corrected chi connectivity index (χ4v) is 2.62. The van der Waals surface area contributed by atoms with Gasteiger partial charge in [0, 0.05) is 0 Å². The Hall–Kier alpha value is -1.03. The van der Waals surface area contributed by atoms with E-state index < -0.39 is 11.0 Å². The molecule has 0 radical (unpaired) electrons. The lowest BCUT2D eigenvalue weighted by atomic mass is 9.84. The van der Waals surface area contributed by atoms with E-state index in [1.54, 1.807) is 12.1 Å². The number of rotatable bonds is 3. The summed E-state index contributed by atoms with van der Waals surface area (Å²) in [6, 6.07) is 7.42. The van der Waals surface area contributed by atoms with Gasteiger partial charge in [-0.3, -0.25) is 0 Å². The molecule has 0 spiro atoms. The maximum absolute atomic E-state index is 10.4. The van der Waals surface area contributed by atoms with Gasteiger partial charge < -0.3 is 4.18 Å². The minimum atomic E-state index is -2.80. The maximum Gasteiger partial charge on any atom is 0.299 e. The molecule has 2 rings (SSSR count). The second-order valence-corrected chi connectivity index (χ2v) is 4.85. The lowest BCUT2D eigenvalue weighted by Gasteiger charge is -2.21. The highest BCUT2D eigenvalue weighted by molar-refractivity contribution is 7.67. The van der Waals surface area contributed by atoms with Gasteiger partial charge in [-0.15, -0.1) is 0 Å². The minimum Gasteiger partial charge on any atom is -0.384 e. The summed E-state index contributed by atoms with van der Waals surface area (Å²) in [5.74, 6) is 1.04. The average Bonchev–Trinajstić information content (AvgIpc) is 2.30. The van der Waals surface area contributed by atoms with Crippen LogP contribution in [0.5, 0.6) is 5.75 Å². The second kappa shape index (κ2) is 5.34. The molecule has 0 unspecified atom stereocenters. The lowest BCUT2D eigenvalue weighted by molar-refractivity contribution is 0.443. The van der Waals surface area contributed by atoms with Crippen molar-refractivity contribution < 1.29 is 12.6 Å². The van der Waals surface area contributed by atoms with Crippen LogP contribution >= 0.6 is 0 Å². The predicted octanol–water partition coefficient (Wildman–Crippen LogP) is 2.64. The zero-order valence-electron chi connectivity index (χ0n) is 9.09.